The summed E-state index contributed by atoms with van der Waals surface area (Å²) in [4.78, 5) is 10.2. The largest absolute Gasteiger partial charge is 0.481 e. The first-order valence-electron chi connectivity index (χ1n) is 3.72. The fraction of sp³-hybridized carbons (Fsp3) is 0.375. The van der Waals surface area contributed by atoms with Crippen LogP contribution in [0.1, 0.15) is 17.9 Å². The van der Waals surface area contributed by atoms with Crippen LogP contribution >= 0.6 is 0 Å². The lowest BCUT2D eigenvalue weighted by molar-refractivity contribution is -0.137. The molecule has 0 aliphatic heterocycles. The van der Waals surface area contributed by atoms with E-state index in [2.05, 4.69) is 0 Å². The number of nitrogens with two attached hydrogens (primary N) is 1. The minimum Gasteiger partial charge on any atom is -0.481 e. The van der Waals surface area contributed by atoms with Crippen LogP contribution in [0.5, 0.6) is 0 Å². The smallest absolute Gasteiger partial charge is 0.303 e. The Hall–Kier alpha value is -1.29. The van der Waals surface area contributed by atoms with Gasteiger partial charge in [-0.3, -0.25) is 4.79 Å². The lowest BCUT2D eigenvalue weighted by Gasteiger charge is -1.92. The zero-order valence-corrected chi connectivity index (χ0v) is 6.62. The lowest BCUT2D eigenvalue weighted by atomic mass is 10.2. The van der Waals surface area contributed by atoms with Gasteiger partial charge in [-0.05, 0) is 12.1 Å². The topological polar surface area (TPSA) is 76.5 Å². The second-order valence-electron chi connectivity index (χ2n) is 2.47. The number of aliphatic carboxylic acids is 1. The molecule has 0 aliphatic rings. The maximum Gasteiger partial charge on any atom is 0.303 e. The van der Waals surface area contributed by atoms with Crippen LogP contribution < -0.4 is 5.73 Å². The van der Waals surface area contributed by atoms with Crippen molar-refractivity contribution in [2.24, 2.45) is 5.73 Å². The van der Waals surface area contributed by atoms with E-state index in [4.69, 9.17) is 15.3 Å². The highest BCUT2D eigenvalue weighted by atomic mass is 16.4. The monoisotopic (exact) mass is 169 g/mol. The summed E-state index contributed by atoms with van der Waals surface area (Å²) in [5.74, 6) is 0.550. The van der Waals surface area contributed by atoms with E-state index in [0.717, 1.165) is 0 Å². The number of aryl methyl sites for hydroxylation is 1. The maximum absolute atomic E-state index is 10.2. The molecule has 0 spiro atoms. The third-order valence-corrected chi connectivity index (χ3v) is 1.50. The van der Waals surface area contributed by atoms with Crippen molar-refractivity contribution in [1.29, 1.82) is 0 Å². The quantitative estimate of drug-likeness (QED) is 0.697. The Labute approximate surface area is 70.0 Å². The Morgan fingerprint density at radius 2 is 2.17 bits per heavy atom. The van der Waals surface area contributed by atoms with Gasteiger partial charge in [0.15, 0.2) is 0 Å². The Morgan fingerprint density at radius 3 is 2.67 bits per heavy atom. The number of carboxylic acids is 1. The van der Waals surface area contributed by atoms with Crippen molar-refractivity contribution in [3.05, 3.63) is 23.7 Å². The van der Waals surface area contributed by atoms with E-state index in [9.17, 15) is 4.79 Å². The minimum absolute atomic E-state index is 0.0948. The van der Waals surface area contributed by atoms with Crippen LogP contribution in [-0.4, -0.2) is 11.1 Å². The predicted octanol–water partition coefficient (Wildman–Crippen LogP) is 0.755. The second kappa shape index (κ2) is 3.92. The predicted molar refractivity (Wildman–Crippen MR) is 42.6 cm³/mol. The van der Waals surface area contributed by atoms with E-state index in [1.807, 2.05) is 0 Å². The van der Waals surface area contributed by atoms with Crippen LogP contribution in [0, 0.1) is 0 Å². The minimum atomic E-state index is -0.819. The van der Waals surface area contributed by atoms with Gasteiger partial charge in [-0.2, -0.15) is 0 Å². The number of hydrogen-bond donors (Lipinski definition) is 2. The lowest BCUT2D eigenvalue weighted by Crippen LogP contribution is -1.96. The van der Waals surface area contributed by atoms with E-state index >= 15 is 0 Å². The van der Waals surface area contributed by atoms with Crippen LogP contribution in [0.2, 0.25) is 0 Å². The Bertz CT molecular complexity index is 267. The van der Waals surface area contributed by atoms with Crippen LogP contribution in [0.4, 0.5) is 0 Å². The molecule has 0 unspecified atom stereocenters. The first-order valence-corrected chi connectivity index (χ1v) is 3.72. The molecule has 1 aromatic heterocycles. The van der Waals surface area contributed by atoms with Crippen LogP contribution in [0.15, 0.2) is 16.5 Å². The molecule has 0 saturated heterocycles. The molecule has 1 aromatic rings. The second-order valence-corrected chi connectivity index (χ2v) is 2.47. The van der Waals surface area contributed by atoms with Gasteiger partial charge in [-0.25, -0.2) is 0 Å². The average molecular weight is 169 g/mol. The van der Waals surface area contributed by atoms with Crippen molar-refractivity contribution in [1.82, 2.24) is 0 Å². The van der Waals surface area contributed by atoms with Crippen LogP contribution in [-0.2, 0) is 17.8 Å². The number of furan rings is 1. The SMILES string of the molecule is NCc1ccc(CCC(=O)O)o1. The standard InChI is InChI=1S/C8H11NO3/c9-5-7-2-1-6(12-7)3-4-8(10)11/h1-2H,3-5,9H2,(H,10,11). The summed E-state index contributed by atoms with van der Waals surface area (Å²) in [6.45, 7) is 0.354. The molecule has 0 radical (unpaired) electrons. The summed E-state index contributed by atoms with van der Waals surface area (Å²) < 4.78 is 5.19. The summed E-state index contributed by atoms with van der Waals surface area (Å²) in [6, 6.07) is 3.52. The third kappa shape index (κ3) is 2.39. The zero-order valence-electron chi connectivity index (χ0n) is 6.62. The van der Waals surface area contributed by atoms with Gasteiger partial charge in [0.05, 0.1) is 13.0 Å². The molecular weight excluding hydrogens is 158 g/mol. The van der Waals surface area contributed by atoms with Crippen molar-refractivity contribution >= 4 is 5.97 Å². The van der Waals surface area contributed by atoms with Gasteiger partial charge >= 0.3 is 5.97 Å². The van der Waals surface area contributed by atoms with Crippen LogP contribution in [0.25, 0.3) is 0 Å². The van der Waals surface area contributed by atoms with Crippen molar-refractivity contribution in [2.75, 3.05) is 0 Å². The molecule has 0 aromatic carbocycles. The molecule has 4 heteroatoms. The highest BCUT2D eigenvalue weighted by molar-refractivity contribution is 5.66. The molecule has 0 aliphatic carbocycles. The Balaban J connectivity index is 2.47. The average Bonchev–Trinajstić information content (AvgIpc) is 2.48. The Kier molecular flexibility index (Phi) is 2.88. The highest BCUT2D eigenvalue weighted by Gasteiger charge is 2.03. The van der Waals surface area contributed by atoms with Crippen molar-refractivity contribution in [2.45, 2.75) is 19.4 Å². The first kappa shape index (κ1) is 8.80. The molecule has 12 heavy (non-hydrogen) atoms. The summed E-state index contributed by atoms with van der Waals surface area (Å²) in [5, 5.41) is 8.37. The number of carbonyl (C=O) groups is 1. The summed E-state index contributed by atoms with van der Waals surface area (Å²) >= 11 is 0. The normalized spacial score (nSPS) is 10.1. The summed E-state index contributed by atoms with van der Waals surface area (Å²) in [7, 11) is 0. The molecule has 0 amide bonds. The van der Waals surface area contributed by atoms with Crippen LogP contribution in [0.3, 0.4) is 0 Å². The zero-order chi connectivity index (χ0) is 8.97. The molecule has 0 bridgehead atoms. The molecule has 0 saturated carbocycles. The molecule has 0 atom stereocenters. The number of hydrogen-bond acceptors (Lipinski definition) is 3. The third-order valence-electron chi connectivity index (χ3n) is 1.50. The highest BCUT2D eigenvalue weighted by Crippen LogP contribution is 2.08. The molecular formula is C8H11NO3. The molecule has 0 fully saturated rings. The molecule has 3 N–H and O–H groups in total. The first-order chi connectivity index (χ1) is 5.72. The summed E-state index contributed by atoms with van der Waals surface area (Å²) in [5.41, 5.74) is 5.31. The maximum atomic E-state index is 10.2. The summed E-state index contributed by atoms with van der Waals surface area (Å²) in [6.07, 6.45) is 0.521. The molecule has 1 heterocycles. The molecule has 1 rings (SSSR count). The van der Waals surface area contributed by atoms with Gasteiger partial charge in [0.2, 0.25) is 0 Å². The van der Waals surface area contributed by atoms with Gasteiger partial charge in [0.1, 0.15) is 11.5 Å². The van der Waals surface area contributed by atoms with Gasteiger partial charge in [0, 0.05) is 6.42 Å². The van der Waals surface area contributed by atoms with Gasteiger partial charge in [-0.1, -0.05) is 0 Å². The van der Waals surface area contributed by atoms with E-state index in [1.165, 1.54) is 0 Å². The van der Waals surface area contributed by atoms with E-state index < -0.39 is 5.97 Å². The fourth-order valence-corrected chi connectivity index (χ4v) is 0.897. The van der Waals surface area contributed by atoms with Crippen molar-refractivity contribution < 1.29 is 14.3 Å². The number of carboxylic acid groups (broad SMARTS) is 1. The molecule has 4 nitrogen and oxygen atoms in total. The van der Waals surface area contributed by atoms with E-state index in [-0.39, 0.29) is 6.42 Å². The van der Waals surface area contributed by atoms with Crippen molar-refractivity contribution in [3.8, 4) is 0 Å². The van der Waals surface area contributed by atoms with Gasteiger partial charge < -0.3 is 15.3 Å². The Morgan fingerprint density at radius 1 is 1.50 bits per heavy atom. The molecule has 66 valence electrons. The van der Waals surface area contributed by atoms with Gasteiger partial charge in [-0.15, -0.1) is 0 Å². The van der Waals surface area contributed by atoms with Gasteiger partial charge in [0.25, 0.3) is 0 Å². The number of rotatable bonds is 4. The van der Waals surface area contributed by atoms with E-state index in [1.54, 1.807) is 12.1 Å². The fourth-order valence-electron chi connectivity index (χ4n) is 0.897. The van der Waals surface area contributed by atoms with Crippen molar-refractivity contribution in [3.63, 3.8) is 0 Å². The van der Waals surface area contributed by atoms with E-state index in [0.29, 0.717) is 24.5 Å².